The van der Waals surface area contributed by atoms with E-state index in [2.05, 4.69) is 9.98 Å². The quantitative estimate of drug-likeness (QED) is 0.647. The molecule has 0 saturated heterocycles. The summed E-state index contributed by atoms with van der Waals surface area (Å²) in [7, 11) is 3.34. The van der Waals surface area contributed by atoms with Crippen LogP contribution in [0.5, 0.6) is 11.5 Å². The second-order valence-corrected chi connectivity index (χ2v) is 5.37. The minimum Gasteiger partial charge on any atom is -0.497 e. The van der Waals surface area contributed by atoms with Crippen molar-refractivity contribution in [1.82, 2.24) is 4.98 Å². The van der Waals surface area contributed by atoms with Crippen molar-refractivity contribution in [3.63, 3.8) is 0 Å². The van der Waals surface area contributed by atoms with E-state index in [1.807, 2.05) is 60.9 Å². The number of pyridine rings is 1. The first-order valence-electron chi connectivity index (χ1n) is 7.86. The predicted octanol–water partition coefficient (Wildman–Crippen LogP) is 3.91. The van der Waals surface area contributed by atoms with E-state index in [-0.39, 0.29) is 0 Å². The average Bonchev–Trinajstić information content (AvgIpc) is 2.65. The second kappa shape index (κ2) is 7.59. The normalized spacial score (nSPS) is 11.1. The van der Waals surface area contributed by atoms with E-state index in [0.717, 1.165) is 39.9 Å². The molecule has 3 aromatic rings. The molecule has 4 nitrogen and oxygen atoms in total. The van der Waals surface area contributed by atoms with Gasteiger partial charge in [0.2, 0.25) is 0 Å². The summed E-state index contributed by atoms with van der Waals surface area (Å²) in [5, 5.41) is 2.11. The van der Waals surface area contributed by atoms with Crippen molar-refractivity contribution in [2.45, 2.75) is 6.42 Å². The summed E-state index contributed by atoms with van der Waals surface area (Å²) >= 11 is 0. The van der Waals surface area contributed by atoms with Gasteiger partial charge in [-0.25, -0.2) is 0 Å². The Morgan fingerprint density at radius 1 is 1.00 bits per heavy atom. The van der Waals surface area contributed by atoms with Gasteiger partial charge in [0, 0.05) is 42.0 Å². The van der Waals surface area contributed by atoms with Crippen molar-refractivity contribution in [2.24, 2.45) is 4.99 Å². The van der Waals surface area contributed by atoms with Crippen molar-refractivity contribution in [2.75, 3.05) is 20.8 Å². The Bertz CT molecular complexity index is 845. The average molecular weight is 320 g/mol. The minimum atomic E-state index is 0.709. The van der Waals surface area contributed by atoms with Gasteiger partial charge in [0.1, 0.15) is 11.5 Å². The summed E-state index contributed by atoms with van der Waals surface area (Å²) in [6, 6.07) is 15.9. The van der Waals surface area contributed by atoms with Crippen LogP contribution in [0.4, 0.5) is 0 Å². The Hall–Kier alpha value is -2.88. The van der Waals surface area contributed by atoms with Gasteiger partial charge in [0.25, 0.3) is 0 Å². The van der Waals surface area contributed by atoms with Crippen LogP contribution in [0, 0.1) is 0 Å². The van der Waals surface area contributed by atoms with E-state index < -0.39 is 0 Å². The van der Waals surface area contributed by atoms with Crippen molar-refractivity contribution < 1.29 is 9.47 Å². The van der Waals surface area contributed by atoms with Gasteiger partial charge >= 0.3 is 0 Å². The molecule has 2 aromatic carbocycles. The van der Waals surface area contributed by atoms with Crippen LogP contribution in [0.1, 0.15) is 11.3 Å². The molecule has 0 amide bonds. The van der Waals surface area contributed by atoms with Crippen LogP contribution < -0.4 is 9.47 Å². The number of hydrogen-bond acceptors (Lipinski definition) is 4. The maximum atomic E-state index is 5.46. The molecule has 0 spiro atoms. The van der Waals surface area contributed by atoms with Crippen LogP contribution in [-0.2, 0) is 6.42 Å². The van der Waals surface area contributed by atoms with Crippen molar-refractivity contribution >= 4 is 17.0 Å². The number of aliphatic imine (C=N–C) groups is 1. The number of benzene rings is 2. The largest absolute Gasteiger partial charge is 0.497 e. The molecule has 0 N–H and O–H groups in total. The molecule has 0 unspecified atom stereocenters. The standard InChI is InChI=1S/C20H20N2O2/c1-23-17-7-8-18-15(6-9-20(24-2)19(18)13-17)14-21-12-10-16-5-3-4-11-22-16/h3-9,11,13-14H,10,12H2,1-2H3. The topological polar surface area (TPSA) is 43.7 Å². The maximum absolute atomic E-state index is 5.46. The van der Waals surface area contributed by atoms with Crippen LogP contribution in [0.2, 0.25) is 0 Å². The fourth-order valence-corrected chi connectivity index (χ4v) is 2.63. The zero-order valence-electron chi connectivity index (χ0n) is 13.9. The smallest absolute Gasteiger partial charge is 0.126 e. The van der Waals surface area contributed by atoms with E-state index in [9.17, 15) is 0 Å². The van der Waals surface area contributed by atoms with Gasteiger partial charge in [-0.05, 0) is 47.9 Å². The molecule has 122 valence electrons. The Kier molecular flexibility index (Phi) is 5.06. The van der Waals surface area contributed by atoms with Gasteiger partial charge in [-0.2, -0.15) is 0 Å². The number of rotatable bonds is 6. The van der Waals surface area contributed by atoms with Crippen molar-refractivity contribution in [3.05, 3.63) is 66.0 Å². The molecule has 3 rings (SSSR count). The van der Waals surface area contributed by atoms with Crippen LogP contribution >= 0.6 is 0 Å². The molecule has 0 bridgehead atoms. The molecule has 0 radical (unpaired) electrons. The summed E-state index contributed by atoms with van der Waals surface area (Å²) in [6.07, 6.45) is 4.56. The van der Waals surface area contributed by atoms with Gasteiger partial charge in [-0.15, -0.1) is 0 Å². The lowest BCUT2D eigenvalue weighted by molar-refractivity contribution is 0.412. The number of ether oxygens (including phenoxy) is 2. The number of aromatic nitrogens is 1. The Labute approximate surface area is 141 Å². The molecule has 24 heavy (non-hydrogen) atoms. The van der Waals surface area contributed by atoms with E-state index >= 15 is 0 Å². The number of methoxy groups -OCH3 is 2. The van der Waals surface area contributed by atoms with Gasteiger partial charge in [0.05, 0.1) is 14.2 Å². The molecule has 4 heteroatoms. The highest BCUT2D eigenvalue weighted by atomic mass is 16.5. The first-order chi connectivity index (χ1) is 11.8. The van der Waals surface area contributed by atoms with Gasteiger partial charge in [-0.3, -0.25) is 9.98 Å². The predicted molar refractivity (Wildman–Crippen MR) is 97.5 cm³/mol. The van der Waals surface area contributed by atoms with Gasteiger partial charge < -0.3 is 9.47 Å². The minimum absolute atomic E-state index is 0.709. The summed E-state index contributed by atoms with van der Waals surface area (Å²) in [5.41, 5.74) is 2.12. The van der Waals surface area contributed by atoms with E-state index in [4.69, 9.17) is 9.47 Å². The molecule has 1 heterocycles. The lowest BCUT2D eigenvalue weighted by atomic mass is 10.0. The number of hydrogen-bond donors (Lipinski definition) is 0. The summed E-state index contributed by atoms with van der Waals surface area (Å²) < 4.78 is 10.8. The molecule has 0 aliphatic rings. The Morgan fingerprint density at radius 3 is 2.67 bits per heavy atom. The van der Waals surface area contributed by atoms with Crippen LogP contribution in [-0.4, -0.2) is 32.0 Å². The number of fused-ring (bicyclic) bond motifs is 1. The summed E-state index contributed by atoms with van der Waals surface area (Å²) in [6.45, 7) is 0.709. The van der Waals surface area contributed by atoms with E-state index in [1.165, 1.54) is 0 Å². The molecule has 0 fully saturated rings. The third-order valence-corrected chi connectivity index (χ3v) is 3.89. The van der Waals surface area contributed by atoms with Crippen molar-refractivity contribution in [1.29, 1.82) is 0 Å². The van der Waals surface area contributed by atoms with Gasteiger partial charge in [0.15, 0.2) is 0 Å². The molecule has 0 aliphatic heterocycles. The zero-order chi connectivity index (χ0) is 16.8. The first-order valence-corrected chi connectivity index (χ1v) is 7.86. The van der Waals surface area contributed by atoms with Crippen molar-refractivity contribution in [3.8, 4) is 11.5 Å². The number of nitrogens with zero attached hydrogens (tertiary/aromatic N) is 2. The van der Waals surface area contributed by atoms with Crippen LogP contribution in [0.25, 0.3) is 10.8 Å². The zero-order valence-corrected chi connectivity index (χ0v) is 13.9. The fourth-order valence-electron chi connectivity index (χ4n) is 2.63. The lowest BCUT2D eigenvalue weighted by Gasteiger charge is -2.09. The third-order valence-electron chi connectivity index (χ3n) is 3.89. The monoisotopic (exact) mass is 320 g/mol. The highest BCUT2D eigenvalue weighted by Crippen LogP contribution is 2.31. The Balaban J connectivity index is 1.82. The van der Waals surface area contributed by atoms with Crippen LogP contribution in [0.3, 0.4) is 0 Å². The molecule has 1 aromatic heterocycles. The van der Waals surface area contributed by atoms with Gasteiger partial charge in [-0.1, -0.05) is 6.07 Å². The summed E-state index contributed by atoms with van der Waals surface area (Å²) in [5.74, 6) is 1.64. The highest BCUT2D eigenvalue weighted by Gasteiger charge is 2.06. The Morgan fingerprint density at radius 2 is 1.92 bits per heavy atom. The lowest BCUT2D eigenvalue weighted by Crippen LogP contribution is -1.94. The summed E-state index contributed by atoms with van der Waals surface area (Å²) in [4.78, 5) is 8.86. The van der Waals surface area contributed by atoms with E-state index in [1.54, 1.807) is 14.2 Å². The second-order valence-electron chi connectivity index (χ2n) is 5.37. The fraction of sp³-hybridized carbons (Fsp3) is 0.200. The molecule has 0 saturated carbocycles. The first kappa shape index (κ1) is 16.0. The maximum Gasteiger partial charge on any atom is 0.126 e. The molecule has 0 aliphatic carbocycles. The third kappa shape index (κ3) is 3.54. The van der Waals surface area contributed by atoms with E-state index in [0.29, 0.717) is 6.54 Å². The molecule has 0 atom stereocenters. The molecular formula is C20H20N2O2. The van der Waals surface area contributed by atoms with Crippen LogP contribution in [0.15, 0.2) is 59.7 Å². The highest BCUT2D eigenvalue weighted by molar-refractivity contribution is 6.02. The SMILES string of the molecule is COc1ccc2c(C=NCCc3ccccn3)ccc(OC)c2c1. The molecular weight excluding hydrogens is 300 g/mol.